The SMILES string of the molecule is O=C(NO)c1ccc(CCCN2CC(CNC3CC3C3(F)C=CC(c4ccccc4)=CC3)C2)cc1. The summed E-state index contributed by atoms with van der Waals surface area (Å²) in [4.78, 5) is 13.9. The number of nitrogens with zero attached hydrogens (tertiary/aromatic N) is 1. The highest BCUT2D eigenvalue weighted by molar-refractivity contribution is 5.93. The topological polar surface area (TPSA) is 64.6 Å². The minimum Gasteiger partial charge on any atom is -0.313 e. The van der Waals surface area contributed by atoms with E-state index in [4.69, 9.17) is 5.21 Å². The zero-order chi connectivity index (χ0) is 24.3. The lowest BCUT2D eigenvalue weighted by molar-refractivity contribution is 0.0706. The Morgan fingerprint density at radius 3 is 2.57 bits per heavy atom. The summed E-state index contributed by atoms with van der Waals surface area (Å²) in [5, 5.41) is 12.3. The second-order valence-corrected chi connectivity index (χ2v) is 10.2. The third-order valence-corrected chi connectivity index (χ3v) is 7.65. The molecule has 3 N–H and O–H groups in total. The molecular formula is C29H34FN3O2. The van der Waals surface area contributed by atoms with Crippen LogP contribution in [0.3, 0.4) is 0 Å². The van der Waals surface area contributed by atoms with Crippen LogP contribution in [0.1, 0.15) is 40.7 Å². The lowest BCUT2D eigenvalue weighted by atomic mass is 9.87. The standard InChI is InChI=1S/C29H34FN3O2/c30-29(14-12-24(13-15-29)23-6-2-1-3-7-23)26-17-27(26)31-18-22-19-33(20-22)16-4-5-21-8-10-25(11-9-21)28(34)32-35/h1-3,6-14,22,26-27,31,35H,4-5,15-20H2,(H,32,34). The van der Waals surface area contributed by atoms with Gasteiger partial charge in [0, 0.05) is 43.6 Å². The molecule has 6 heteroatoms. The van der Waals surface area contributed by atoms with Crippen molar-refractivity contribution in [2.75, 3.05) is 26.2 Å². The molecule has 3 unspecified atom stereocenters. The lowest BCUT2D eigenvalue weighted by Gasteiger charge is -2.39. The molecule has 2 fully saturated rings. The number of hydroxylamine groups is 1. The highest BCUT2D eigenvalue weighted by Crippen LogP contribution is 2.48. The van der Waals surface area contributed by atoms with E-state index in [1.165, 1.54) is 5.56 Å². The normalized spacial score (nSPS) is 26.2. The van der Waals surface area contributed by atoms with Crippen LogP contribution in [0, 0.1) is 11.8 Å². The molecule has 2 aromatic rings. The van der Waals surface area contributed by atoms with Crippen LogP contribution >= 0.6 is 0 Å². The molecule has 1 saturated heterocycles. The van der Waals surface area contributed by atoms with Crippen LogP contribution in [0.2, 0.25) is 0 Å². The molecule has 1 saturated carbocycles. The zero-order valence-corrected chi connectivity index (χ0v) is 20.0. The summed E-state index contributed by atoms with van der Waals surface area (Å²) in [7, 11) is 0. The number of carbonyl (C=O) groups is 1. The van der Waals surface area contributed by atoms with Crippen molar-refractivity contribution < 1.29 is 14.4 Å². The Morgan fingerprint density at radius 2 is 1.89 bits per heavy atom. The largest absolute Gasteiger partial charge is 0.313 e. The second kappa shape index (κ2) is 10.4. The van der Waals surface area contributed by atoms with E-state index in [0.717, 1.165) is 56.6 Å². The minimum atomic E-state index is -1.22. The second-order valence-electron chi connectivity index (χ2n) is 10.2. The van der Waals surface area contributed by atoms with E-state index in [2.05, 4.69) is 28.4 Å². The van der Waals surface area contributed by atoms with Gasteiger partial charge in [0.1, 0.15) is 5.67 Å². The van der Waals surface area contributed by atoms with E-state index in [1.54, 1.807) is 23.7 Å². The summed E-state index contributed by atoms with van der Waals surface area (Å²) in [6, 6.07) is 17.8. The highest BCUT2D eigenvalue weighted by Gasteiger charge is 2.52. The van der Waals surface area contributed by atoms with Gasteiger partial charge in [-0.3, -0.25) is 10.0 Å². The molecule has 0 bridgehead atoms. The number of aryl methyl sites for hydroxylation is 1. The predicted octanol–water partition coefficient (Wildman–Crippen LogP) is 4.40. The first-order valence-corrected chi connectivity index (χ1v) is 12.7. The molecule has 184 valence electrons. The van der Waals surface area contributed by atoms with Gasteiger partial charge in [-0.25, -0.2) is 9.87 Å². The van der Waals surface area contributed by atoms with Crippen molar-refractivity contribution in [3.8, 4) is 0 Å². The van der Waals surface area contributed by atoms with Crippen molar-refractivity contribution in [1.82, 2.24) is 15.7 Å². The van der Waals surface area contributed by atoms with Crippen molar-refractivity contribution >= 4 is 11.5 Å². The Morgan fingerprint density at radius 1 is 1.11 bits per heavy atom. The quantitative estimate of drug-likeness (QED) is 0.352. The van der Waals surface area contributed by atoms with Crippen LogP contribution in [-0.4, -0.2) is 53.9 Å². The third-order valence-electron chi connectivity index (χ3n) is 7.65. The summed E-state index contributed by atoms with van der Waals surface area (Å²) in [6.45, 7) is 4.24. The van der Waals surface area contributed by atoms with Gasteiger partial charge in [-0.2, -0.15) is 0 Å². The fourth-order valence-electron chi connectivity index (χ4n) is 5.40. The predicted molar refractivity (Wildman–Crippen MR) is 136 cm³/mol. The molecule has 3 aliphatic rings. The molecule has 5 rings (SSSR count). The lowest BCUT2D eigenvalue weighted by Crippen LogP contribution is -2.51. The Kier molecular flexibility index (Phi) is 7.14. The molecule has 1 heterocycles. The number of allylic oxidation sites excluding steroid dienone is 4. The Labute approximate surface area is 206 Å². The van der Waals surface area contributed by atoms with Gasteiger partial charge in [0.15, 0.2) is 0 Å². The summed E-state index contributed by atoms with van der Waals surface area (Å²) >= 11 is 0. The summed E-state index contributed by atoms with van der Waals surface area (Å²) in [5.41, 5.74) is 4.35. The van der Waals surface area contributed by atoms with Crippen molar-refractivity contribution in [2.45, 2.75) is 37.4 Å². The fraction of sp³-hybridized carbons (Fsp3) is 0.414. The number of amides is 1. The van der Waals surface area contributed by atoms with Crippen LogP contribution in [0.15, 0.2) is 72.8 Å². The number of rotatable bonds is 10. The van der Waals surface area contributed by atoms with E-state index >= 15 is 4.39 Å². The minimum absolute atomic E-state index is 0.0818. The first-order chi connectivity index (χ1) is 17.0. The molecule has 5 nitrogen and oxygen atoms in total. The molecule has 35 heavy (non-hydrogen) atoms. The van der Waals surface area contributed by atoms with E-state index in [1.807, 2.05) is 36.4 Å². The average molecular weight is 476 g/mol. The van der Waals surface area contributed by atoms with E-state index in [0.29, 0.717) is 23.9 Å². The molecule has 1 amide bonds. The van der Waals surface area contributed by atoms with Crippen LogP contribution in [0.25, 0.3) is 5.57 Å². The van der Waals surface area contributed by atoms with Crippen LogP contribution in [0.5, 0.6) is 0 Å². The molecule has 0 aromatic heterocycles. The molecule has 0 radical (unpaired) electrons. The number of likely N-dealkylation sites (tertiary alicyclic amines) is 1. The van der Waals surface area contributed by atoms with Gasteiger partial charge in [0.05, 0.1) is 0 Å². The summed E-state index contributed by atoms with van der Waals surface area (Å²) in [6.07, 6.45) is 9.23. The monoisotopic (exact) mass is 475 g/mol. The smallest absolute Gasteiger partial charge is 0.274 e. The number of benzene rings is 2. The molecule has 2 aromatic carbocycles. The van der Waals surface area contributed by atoms with E-state index in [-0.39, 0.29) is 5.92 Å². The maximum absolute atomic E-state index is 15.5. The average Bonchev–Trinajstić information content (AvgIpc) is 3.66. The maximum atomic E-state index is 15.5. The van der Waals surface area contributed by atoms with Gasteiger partial charge in [0.25, 0.3) is 5.91 Å². The Balaban J connectivity index is 0.967. The fourth-order valence-corrected chi connectivity index (χ4v) is 5.40. The number of hydrogen-bond acceptors (Lipinski definition) is 4. The van der Waals surface area contributed by atoms with E-state index in [9.17, 15) is 4.79 Å². The van der Waals surface area contributed by atoms with E-state index < -0.39 is 11.6 Å². The third kappa shape index (κ3) is 5.72. The first kappa shape index (κ1) is 23.9. The zero-order valence-electron chi connectivity index (χ0n) is 20.0. The van der Waals surface area contributed by atoms with Crippen molar-refractivity contribution in [3.05, 3.63) is 89.5 Å². The van der Waals surface area contributed by atoms with Gasteiger partial charge in [-0.1, -0.05) is 54.6 Å². The van der Waals surface area contributed by atoms with Crippen molar-refractivity contribution in [1.29, 1.82) is 0 Å². The summed E-state index contributed by atoms with van der Waals surface area (Å²) in [5.74, 6) is 0.244. The highest BCUT2D eigenvalue weighted by atomic mass is 19.1. The van der Waals surface area contributed by atoms with Crippen LogP contribution in [-0.2, 0) is 6.42 Å². The van der Waals surface area contributed by atoms with Crippen LogP contribution in [0.4, 0.5) is 4.39 Å². The number of nitrogens with one attached hydrogen (secondary N) is 2. The van der Waals surface area contributed by atoms with Crippen LogP contribution < -0.4 is 10.8 Å². The maximum Gasteiger partial charge on any atom is 0.274 e. The van der Waals surface area contributed by atoms with Gasteiger partial charge in [-0.15, -0.1) is 0 Å². The van der Waals surface area contributed by atoms with Crippen molar-refractivity contribution in [2.24, 2.45) is 11.8 Å². The summed E-state index contributed by atoms with van der Waals surface area (Å²) < 4.78 is 15.5. The molecule has 1 aliphatic heterocycles. The van der Waals surface area contributed by atoms with Gasteiger partial charge < -0.3 is 10.2 Å². The van der Waals surface area contributed by atoms with Gasteiger partial charge in [-0.05, 0) is 66.6 Å². The number of alkyl halides is 1. The number of hydrogen-bond donors (Lipinski definition) is 3. The Bertz CT molecular complexity index is 1080. The first-order valence-electron chi connectivity index (χ1n) is 12.7. The number of halogens is 1. The molecular weight excluding hydrogens is 441 g/mol. The molecule has 3 atom stereocenters. The van der Waals surface area contributed by atoms with Gasteiger partial charge in [0.2, 0.25) is 0 Å². The molecule has 2 aliphatic carbocycles. The van der Waals surface area contributed by atoms with Crippen molar-refractivity contribution in [3.63, 3.8) is 0 Å². The number of carbonyl (C=O) groups excluding carboxylic acids is 1. The van der Waals surface area contributed by atoms with Gasteiger partial charge >= 0.3 is 0 Å². The molecule has 0 spiro atoms. The Hall–Kier alpha value is -2.80.